The van der Waals surface area contributed by atoms with E-state index in [1.54, 1.807) is 0 Å². The molecule has 0 fully saturated rings. The fourth-order valence-electron chi connectivity index (χ4n) is 14.5. The summed E-state index contributed by atoms with van der Waals surface area (Å²) in [7, 11) is 0. The van der Waals surface area contributed by atoms with Gasteiger partial charge in [-0.05, 0) is 179 Å². The van der Waals surface area contributed by atoms with Crippen molar-refractivity contribution >= 4 is 128 Å². The van der Waals surface area contributed by atoms with E-state index < -0.39 is 0 Å². The summed E-state index contributed by atoms with van der Waals surface area (Å²) < 4.78 is 5.18. The predicted molar refractivity (Wildman–Crippen MR) is 375 cm³/mol. The second kappa shape index (κ2) is 19.6. The molecule has 0 amide bonds. The second-order valence-electron chi connectivity index (χ2n) is 22.9. The van der Waals surface area contributed by atoms with Gasteiger partial charge in [0, 0.05) is 40.3 Å². The maximum absolute atomic E-state index is 2.49. The third-order valence-electron chi connectivity index (χ3n) is 18.3. The van der Waals surface area contributed by atoms with Gasteiger partial charge in [-0.25, -0.2) is 0 Å². The first-order valence-corrected chi connectivity index (χ1v) is 31.3. The van der Waals surface area contributed by atoms with E-state index in [2.05, 4.69) is 303 Å². The van der Waals surface area contributed by atoms with Gasteiger partial charge < -0.3 is 0 Å². The molecule has 0 atom stereocenters. The third-order valence-corrected chi connectivity index (χ3v) is 20.5. The topological polar surface area (TPSA) is 0 Å². The molecule has 0 aliphatic rings. The Hall–Kier alpha value is -10.5. The first-order chi connectivity index (χ1) is 42.7. The minimum atomic E-state index is 1.20. The molecule has 0 aliphatic heterocycles. The first-order valence-electron chi connectivity index (χ1n) is 29.6. The molecule has 2 heterocycles. The van der Waals surface area contributed by atoms with Crippen molar-refractivity contribution in [3.63, 3.8) is 0 Å². The monoisotopic (exact) mass is 1120 g/mol. The lowest BCUT2D eigenvalue weighted by Crippen LogP contribution is -1.93. The van der Waals surface area contributed by atoms with E-state index in [0.717, 1.165) is 0 Å². The molecule has 86 heavy (non-hydrogen) atoms. The molecule has 2 heteroatoms. The van der Waals surface area contributed by atoms with Gasteiger partial charge in [0.2, 0.25) is 0 Å². The Morgan fingerprint density at radius 1 is 0.163 bits per heavy atom. The van der Waals surface area contributed by atoms with Gasteiger partial charge in [-0.3, -0.25) is 0 Å². The quantitative estimate of drug-likeness (QED) is 0.140. The molecule has 0 spiro atoms. The standard InChI is InChI=1S/C84H50S2/c1-2-20-55-48-58(43-38-51(55)18-1)61-23-5-6-24-62(61)80-65-27-9-11-29-67(65)81(68-30-12-10-28-66(68)80)72-33-17-37-77-84(72)71-47-45-57(50-78(71)86-77)56-44-46-69-74(49-56)79(54-41-39-53(40-42-54)60-32-15-21-52-19-3-4-22-59(52)60)63-25-7-8-26-64(63)82(69)73-34-16-36-76-83(73)70-31-13-14-35-75(70)85-76/h1-50H. The second-order valence-corrected chi connectivity index (χ2v) is 25.0. The summed E-state index contributed by atoms with van der Waals surface area (Å²) in [5.41, 5.74) is 17.4. The van der Waals surface area contributed by atoms with Crippen molar-refractivity contribution in [1.29, 1.82) is 0 Å². The smallest absolute Gasteiger partial charge is 0.0361 e. The van der Waals surface area contributed by atoms with E-state index in [9.17, 15) is 0 Å². The SMILES string of the molecule is c1ccc(-c2c3ccccc3c(-c3cccc4sc5cc(-c6ccc7c(-c8cccc9sc%10ccccc%10c89)c8ccccc8c(-c8ccc(-c9cccc%10ccccc9%10)cc8)c7c6)ccc5c34)c3ccccc23)c(-c2ccc3ccccc3c2)c1. The Labute approximate surface area is 505 Å². The van der Waals surface area contributed by atoms with Crippen LogP contribution in [0.5, 0.6) is 0 Å². The van der Waals surface area contributed by atoms with Gasteiger partial charge in [-0.2, -0.15) is 0 Å². The van der Waals surface area contributed by atoms with Gasteiger partial charge in [0.1, 0.15) is 0 Å². The summed E-state index contributed by atoms with van der Waals surface area (Å²) in [6.07, 6.45) is 0. The van der Waals surface area contributed by atoms with E-state index in [-0.39, 0.29) is 0 Å². The molecule has 2 aromatic heterocycles. The van der Waals surface area contributed by atoms with Crippen molar-refractivity contribution in [3.05, 3.63) is 303 Å². The van der Waals surface area contributed by atoms with Gasteiger partial charge in [0.05, 0.1) is 0 Å². The third kappa shape index (κ3) is 7.60. The van der Waals surface area contributed by atoms with Gasteiger partial charge in [-0.1, -0.05) is 267 Å². The van der Waals surface area contributed by atoms with Crippen molar-refractivity contribution in [2.75, 3.05) is 0 Å². The lowest BCUT2D eigenvalue weighted by atomic mass is 9.83. The fourth-order valence-corrected chi connectivity index (χ4v) is 16.8. The average Bonchev–Trinajstić information content (AvgIpc) is 1.36. The Balaban J connectivity index is 0.824. The molecule has 18 aromatic rings. The highest BCUT2D eigenvalue weighted by atomic mass is 32.1. The molecular weight excluding hydrogens is 1070 g/mol. The van der Waals surface area contributed by atoms with Crippen LogP contribution in [0, 0.1) is 0 Å². The lowest BCUT2D eigenvalue weighted by molar-refractivity contribution is 1.62. The van der Waals surface area contributed by atoms with Gasteiger partial charge in [-0.15, -0.1) is 22.7 Å². The van der Waals surface area contributed by atoms with Crippen molar-refractivity contribution in [1.82, 2.24) is 0 Å². The zero-order valence-corrected chi connectivity index (χ0v) is 48.3. The van der Waals surface area contributed by atoms with Crippen molar-refractivity contribution < 1.29 is 0 Å². The maximum atomic E-state index is 2.49. The van der Waals surface area contributed by atoms with Gasteiger partial charge >= 0.3 is 0 Å². The Bertz CT molecular complexity index is 5770. The number of thiophene rings is 2. The van der Waals surface area contributed by atoms with Crippen LogP contribution in [0.4, 0.5) is 0 Å². The van der Waals surface area contributed by atoms with Crippen molar-refractivity contribution in [2.45, 2.75) is 0 Å². The normalized spacial score (nSPS) is 12.0. The zero-order valence-electron chi connectivity index (χ0n) is 46.7. The fraction of sp³-hybridized carbons (Fsp3) is 0. The summed E-state index contributed by atoms with van der Waals surface area (Å²) in [6.45, 7) is 0. The molecule has 0 saturated heterocycles. The van der Waals surface area contributed by atoms with Crippen molar-refractivity contribution in [3.8, 4) is 77.9 Å². The molecule has 0 nitrogen and oxygen atoms in total. The molecule has 0 unspecified atom stereocenters. The molecule has 0 bridgehead atoms. The Morgan fingerprint density at radius 3 is 1.22 bits per heavy atom. The molecule has 0 saturated carbocycles. The number of hydrogen-bond acceptors (Lipinski definition) is 2. The van der Waals surface area contributed by atoms with E-state index in [4.69, 9.17) is 0 Å². The molecule has 0 radical (unpaired) electrons. The van der Waals surface area contributed by atoms with Crippen LogP contribution in [0.3, 0.4) is 0 Å². The van der Waals surface area contributed by atoms with E-state index in [0.29, 0.717) is 0 Å². The van der Waals surface area contributed by atoms with Gasteiger partial charge in [0.25, 0.3) is 0 Å². The summed E-state index contributed by atoms with van der Waals surface area (Å²) in [5.74, 6) is 0. The highest BCUT2D eigenvalue weighted by Crippen LogP contribution is 2.52. The Morgan fingerprint density at radius 2 is 0.558 bits per heavy atom. The van der Waals surface area contributed by atoms with Crippen LogP contribution in [-0.2, 0) is 0 Å². The summed E-state index contributed by atoms with van der Waals surface area (Å²) in [6, 6.07) is 114. The molecule has 0 N–H and O–H groups in total. The van der Waals surface area contributed by atoms with E-state index >= 15 is 0 Å². The highest BCUT2D eigenvalue weighted by Gasteiger charge is 2.24. The predicted octanol–water partition coefficient (Wildman–Crippen LogP) is 25.0. The lowest BCUT2D eigenvalue weighted by Gasteiger charge is -2.20. The minimum absolute atomic E-state index is 1.20. The maximum Gasteiger partial charge on any atom is 0.0361 e. The minimum Gasteiger partial charge on any atom is -0.135 e. The van der Waals surface area contributed by atoms with E-state index in [1.165, 1.54) is 183 Å². The van der Waals surface area contributed by atoms with Crippen LogP contribution in [0.15, 0.2) is 303 Å². The molecule has 398 valence electrons. The summed E-state index contributed by atoms with van der Waals surface area (Å²) in [4.78, 5) is 0. The van der Waals surface area contributed by atoms with Crippen molar-refractivity contribution in [2.24, 2.45) is 0 Å². The van der Waals surface area contributed by atoms with Crippen LogP contribution in [0.1, 0.15) is 0 Å². The zero-order chi connectivity index (χ0) is 56.4. The number of hydrogen-bond donors (Lipinski definition) is 0. The van der Waals surface area contributed by atoms with E-state index in [1.807, 2.05) is 22.7 Å². The summed E-state index contributed by atoms with van der Waals surface area (Å²) in [5, 5.41) is 20.2. The number of benzene rings is 16. The van der Waals surface area contributed by atoms with Crippen LogP contribution >= 0.6 is 22.7 Å². The van der Waals surface area contributed by atoms with Crippen LogP contribution in [0.25, 0.3) is 183 Å². The molecule has 0 aliphatic carbocycles. The van der Waals surface area contributed by atoms with Crippen LogP contribution < -0.4 is 0 Å². The first kappa shape index (κ1) is 49.0. The van der Waals surface area contributed by atoms with Crippen LogP contribution in [-0.4, -0.2) is 0 Å². The summed E-state index contributed by atoms with van der Waals surface area (Å²) >= 11 is 3.78. The number of rotatable bonds is 7. The largest absolute Gasteiger partial charge is 0.135 e. The average molecular weight is 1120 g/mol. The number of fused-ring (bicyclic) bond motifs is 12. The molecular formula is C84H50S2. The molecule has 18 rings (SSSR count). The van der Waals surface area contributed by atoms with Crippen LogP contribution in [0.2, 0.25) is 0 Å². The molecule has 16 aromatic carbocycles. The van der Waals surface area contributed by atoms with Gasteiger partial charge in [0.15, 0.2) is 0 Å². The highest BCUT2D eigenvalue weighted by molar-refractivity contribution is 7.26. The Kier molecular flexibility index (Phi) is 11.1.